The predicted octanol–water partition coefficient (Wildman–Crippen LogP) is 5.98. The second-order valence-corrected chi connectivity index (χ2v) is 11.1. The van der Waals surface area contributed by atoms with Crippen molar-refractivity contribution in [3.8, 4) is 0 Å². The van der Waals surface area contributed by atoms with Crippen molar-refractivity contribution in [2.45, 2.75) is 69.6 Å². The lowest BCUT2D eigenvalue weighted by Crippen LogP contribution is -2.52. The summed E-state index contributed by atoms with van der Waals surface area (Å²) in [6.45, 7) is 0.319. The summed E-state index contributed by atoms with van der Waals surface area (Å²) in [5.74, 6) is -0.117. The van der Waals surface area contributed by atoms with Gasteiger partial charge in [-0.1, -0.05) is 41.9 Å². The van der Waals surface area contributed by atoms with Gasteiger partial charge in [0.25, 0.3) is 0 Å². The number of furan rings is 1. The zero-order valence-corrected chi connectivity index (χ0v) is 23.4. The maximum Gasteiger partial charge on any atom is 0.223 e. The molecule has 2 aromatic carbocycles. The maximum atomic E-state index is 14.3. The van der Waals surface area contributed by atoms with Crippen molar-refractivity contribution in [1.82, 2.24) is 15.1 Å². The zero-order valence-electron chi connectivity index (χ0n) is 22.7. The lowest BCUT2D eigenvalue weighted by atomic mass is 9.75. The van der Waals surface area contributed by atoms with Crippen LogP contribution in [0.1, 0.15) is 55.4 Å². The Balaban J connectivity index is 1.29. The first kappa shape index (κ1) is 28.8. The Hall–Kier alpha value is -3.16. The molecule has 3 aromatic rings. The average Bonchev–Trinajstić information content (AvgIpc) is 3.42. The van der Waals surface area contributed by atoms with E-state index in [1.54, 1.807) is 36.6 Å². The molecule has 1 heterocycles. The predicted molar refractivity (Wildman–Crippen MR) is 151 cm³/mol. The maximum absolute atomic E-state index is 14.3. The summed E-state index contributed by atoms with van der Waals surface area (Å²) in [6, 6.07) is 18.0. The molecular weight excluding hydrogens is 517 g/mol. The van der Waals surface area contributed by atoms with Gasteiger partial charge in [-0.05, 0) is 82.1 Å². The first-order chi connectivity index (χ1) is 18.7. The highest BCUT2D eigenvalue weighted by Crippen LogP contribution is 2.36. The number of nitrogens with one attached hydrogen (secondary N) is 1. The van der Waals surface area contributed by atoms with Crippen LogP contribution >= 0.6 is 11.6 Å². The number of carbonyl (C=O) groups excluding carboxylic acids is 2. The molecule has 39 heavy (non-hydrogen) atoms. The Kier molecular flexibility index (Phi) is 9.81. The summed E-state index contributed by atoms with van der Waals surface area (Å²) < 4.78 is 19.7. The Morgan fingerprint density at radius 1 is 1.03 bits per heavy atom. The van der Waals surface area contributed by atoms with Gasteiger partial charge in [0, 0.05) is 41.6 Å². The number of carbonyl (C=O) groups is 2. The van der Waals surface area contributed by atoms with Crippen molar-refractivity contribution in [2.75, 3.05) is 14.1 Å². The van der Waals surface area contributed by atoms with Crippen LogP contribution in [0.15, 0.2) is 71.3 Å². The van der Waals surface area contributed by atoms with Gasteiger partial charge >= 0.3 is 0 Å². The fourth-order valence-corrected chi connectivity index (χ4v) is 5.65. The van der Waals surface area contributed by atoms with E-state index >= 15 is 0 Å². The molecule has 2 amide bonds. The van der Waals surface area contributed by atoms with Crippen molar-refractivity contribution in [1.29, 1.82) is 0 Å². The number of hydrogen-bond donors (Lipinski definition) is 1. The van der Waals surface area contributed by atoms with Gasteiger partial charge in [0.1, 0.15) is 11.6 Å². The van der Waals surface area contributed by atoms with Crippen LogP contribution in [0.3, 0.4) is 0 Å². The molecule has 208 valence electrons. The van der Waals surface area contributed by atoms with Crippen LogP contribution in [0.2, 0.25) is 5.02 Å². The minimum Gasteiger partial charge on any atom is -0.467 e. The molecule has 1 saturated carbocycles. The number of rotatable bonds is 11. The molecule has 6 nitrogen and oxygen atoms in total. The van der Waals surface area contributed by atoms with E-state index in [1.807, 2.05) is 18.2 Å². The van der Waals surface area contributed by atoms with Crippen LogP contribution in [0.4, 0.5) is 4.39 Å². The highest BCUT2D eigenvalue weighted by molar-refractivity contribution is 6.30. The van der Waals surface area contributed by atoms with Crippen LogP contribution in [0.25, 0.3) is 0 Å². The molecule has 0 bridgehead atoms. The molecule has 0 radical (unpaired) electrons. The van der Waals surface area contributed by atoms with Gasteiger partial charge in [0.05, 0.1) is 12.8 Å². The number of benzene rings is 2. The van der Waals surface area contributed by atoms with Crippen molar-refractivity contribution in [3.63, 3.8) is 0 Å². The monoisotopic (exact) mass is 553 g/mol. The van der Waals surface area contributed by atoms with Gasteiger partial charge in [0.15, 0.2) is 0 Å². The van der Waals surface area contributed by atoms with E-state index in [0.717, 1.165) is 37.1 Å². The first-order valence-electron chi connectivity index (χ1n) is 13.5. The van der Waals surface area contributed by atoms with E-state index in [4.69, 9.17) is 16.0 Å². The molecule has 0 spiro atoms. The summed E-state index contributed by atoms with van der Waals surface area (Å²) in [6.07, 6.45) is 6.23. The highest BCUT2D eigenvalue weighted by Gasteiger charge is 2.37. The molecule has 0 atom stereocenters. The Bertz CT molecular complexity index is 1240. The van der Waals surface area contributed by atoms with Crippen LogP contribution < -0.4 is 5.32 Å². The zero-order chi connectivity index (χ0) is 27.8. The van der Waals surface area contributed by atoms with Gasteiger partial charge in [-0.15, -0.1) is 0 Å². The topological polar surface area (TPSA) is 65.8 Å². The molecule has 4 rings (SSSR count). The number of amides is 2. The number of likely N-dealkylation sites (N-methyl/N-ethyl adjacent to an activating group) is 1. The minimum absolute atomic E-state index is 0.0148. The fourth-order valence-electron chi connectivity index (χ4n) is 5.44. The van der Waals surface area contributed by atoms with Gasteiger partial charge in [0.2, 0.25) is 11.8 Å². The van der Waals surface area contributed by atoms with Gasteiger partial charge < -0.3 is 19.5 Å². The minimum atomic E-state index is -0.367. The Morgan fingerprint density at radius 2 is 1.79 bits per heavy atom. The Labute approximate surface area is 235 Å². The molecule has 1 N–H and O–H groups in total. The van der Waals surface area contributed by atoms with Crippen LogP contribution in [0, 0.1) is 5.82 Å². The molecule has 1 fully saturated rings. The third kappa shape index (κ3) is 7.93. The quantitative estimate of drug-likeness (QED) is 0.317. The van der Waals surface area contributed by atoms with E-state index in [1.165, 1.54) is 16.5 Å². The number of nitrogens with zero attached hydrogens (tertiary/aromatic N) is 2. The summed E-state index contributed by atoms with van der Waals surface area (Å²) in [5.41, 5.74) is 1.65. The number of hydrogen-bond acceptors (Lipinski definition) is 4. The van der Waals surface area contributed by atoms with E-state index < -0.39 is 0 Å². The summed E-state index contributed by atoms with van der Waals surface area (Å²) in [7, 11) is 4.23. The highest BCUT2D eigenvalue weighted by atomic mass is 35.5. The van der Waals surface area contributed by atoms with Crippen molar-refractivity contribution in [2.24, 2.45) is 0 Å². The van der Waals surface area contributed by atoms with E-state index in [-0.39, 0.29) is 55.1 Å². The van der Waals surface area contributed by atoms with Crippen molar-refractivity contribution in [3.05, 3.63) is 94.7 Å². The molecule has 1 aliphatic rings. The second-order valence-electron chi connectivity index (χ2n) is 10.7. The largest absolute Gasteiger partial charge is 0.467 e. The normalized spacial score (nSPS) is 19.2. The average molecular weight is 554 g/mol. The van der Waals surface area contributed by atoms with E-state index in [2.05, 4.69) is 30.4 Å². The first-order valence-corrected chi connectivity index (χ1v) is 13.9. The SMILES string of the molecule is CN(C)C1(Cc2cccc(Cl)c2)CCC(NC(=O)CCC(=O)N(Cc2ccco2)Cc2ccccc2F)CC1. The summed E-state index contributed by atoms with van der Waals surface area (Å²) in [5, 5.41) is 3.88. The molecular formula is C31H37ClFN3O3. The molecule has 0 saturated heterocycles. The van der Waals surface area contributed by atoms with Gasteiger partial charge in [-0.2, -0.15) is 0 Å². The molecule has 1 aliphatic carbocycles. The van der Waals surface area contributed by atoms with E-state index in [0.29, 0.717) is 11.3 Å². The van der Waals surface area contributed by atoms with Gasteiger partial charge in [-0.25, -0.2) is 4.39 Å². The third-order valence-electron chi connectivity index (χ3n) is 7.82. The lowest BCUT2D eigenvalue weighted by molar-refractivity contribution is -0.135. The lowest BCUT2D eigenvalue weighted by Gasteiger charge is -2.45. The van der Waals surface area contributed by atoms with Gasteiger partial charge in [-0.3, -0.25) is 9.59 Å². The fraction of sp³-hybridized carbons (Fsp3) is 0.419. The molecule has 0 aliphatic heterocycles. The Morgan fingerprint density at radius 3 is 2.46 bits per heavy atom. The standard InChI is InChI=1S/C31H37ClFN3O3/c1-35(2)31(20-23-7-5-9-25(32)19-23)16-14-26(15-17-31)34-29(37)12-13-30(38)36(22-27-10-6-18-39-27)21-24-8-3-4-11-28(24)33/h3-11,18-19,26H,12-17,20-22H2,1-2H3,(H,34,37). The summed E-state index contributed by atoms with van der Waals surface area (Å²) >= 11 is 6.21. The summed E-state index contributed by atoms with van der Waals surface area (Å²) in [4.78, 5) is 29.7. The van der Waals surface area contributed by atoms with Crippen molar-refractivity contribution < 1.29 is 18.4 Å². The van der Waals surface area contributed by atoms with E-state index in [9.17, 15) is 14.0 Å². The van der Waals surface area contributed by atoms with Crippen LogP contribution in [-0.2, 0) is 29.1 Å². The smallest absolute Gasteiger partial charge is 0.223 e. The van der Waals surface area contributed by atoms with Crippen molar-refractivity contribution >= 4 is 23.4 Å². The number of halogens is 2. The molecule has 1 aromatic heterocycles. The second kappa shape index (κ2) is 13.3. The molecule has 0 unspecified atom stereocenters. The van der Waals surface area contributed by atoms with Crippen LogP contribution in [0.5, 0.6) is 0 Å². The van der Waals surface area contributed by atoms with Crippen LogP contribution in [-0.4, -0.2) is 47.3 Å². The molecule has 8 heteroatoms. The third-order valence-corrected chi connectivity index (χ3v) is 8.05.